The summed E-state index contributed by atoms with van der Waals surface area (Å²) in [4.78, 5) is 10.6. The second kappa shape index (κ2) is 4.62. The number of nitrogens with two attached hydrogens (primary N) is 1. The molecule has 3 N–H and O–H groups in total. The first-order valence-electron chi connectivity index (χ1n) is 4.25. The Morgan fingerprint density at radius 3 is 2.71 bits per heavy atom. The lowest BCUT2D eigenvalue weighted by atomic mass is 10.0. The van der Waals surface area contributed by atoms with Crippen molar-refractivity contribution in [1.82, 2.24) is 0 Å². The molecule has 0 unspecified atom stereocenters. The van der Waals surface area contributed by atoms with Crippen molar-refractivity contribution in [1.29, 1.82) is 0 Å². The number of rotatable bonds is 4. The summed E-state index contributed by atoms with van der Waals surface area (Å²) in [6, 6.07) is 5.26. The van der Waals surface area contributed by atoms with Crippen LogP contribution in [0, 0.1) is 0 Å². The van der Waals surface area contributed by atoms with Gasteiger partial charge in [-0.05, 0) is 23.3 Å². The number of carbonyl (C=O) groups is 1. The van der Waals surface area contributed by atoms with Crippen LogP contribution in [-0.2, 0) is 17.8 Å². The Hall–Kier alpha value is -1.55. The number of carboxylic acid groups (broad SMARTS) is 1. The number of benzene rings is 1. The Bertz CT molecular complexity index is 336. The van der Waals surface area contributed by atoms with E-state index in [0.29, 0.717) is 17.9 Å². The Morgan fingerprint density at radius 2 is 2.21 bits per heavy atom. The third kappa shape index (κ3) is 2.47. The zero-order valence-electron chi connectivity index (χ0n) is 7.99. The van der Waals surface area contributed by atoms with Crippen LogP contribution in [0.3, 0.4) is 0 Å². The van der Waals surface area contributed by atoms with Gasteiger partial charge >= 0.3 is 5.97 Å². The van der Waals surface area contributed by atoms with E-state index in [2.05, 4.69) is 0 Å². The van der Waals surface area contributed by atoms with Gasteiger partial charge in [0.25, 0.3) is 0 Å². The van der Waals surface area contributed by atoms with Crippen molar-refractivity contribution < 1.29 is 14.6 Å². The van der Waals surface area contributed by atoms with Gasteiger partial charge in [0.2, 0.25) is 0 Å². The van der Waals surface area contributed by atoms with E-state index < -0.39 is 5.97 Å². The van der Waals surface area contributed by atoms with Crippen LogP contribution in [-0.4, -0.2) is 18.2 Å². The summed E-state index contributed by atoms with van der Waals surface area (Å²) >= 11 is 0. The fraction of sp³-hybridized carbons (Fsp3) is 0.300. The molecule has 0 fully saturated rings. The third-order valence-electron chi connectivity index (χ3n) is 1.98. The van der Waals surface area contributed by atoms with Crippen molar-refractivity contribution in [2.24, 2.45) is 5.73 Å². The summed E-state index contributed by atoms with van der Waals surface area (Å²) < 4.78 is 5.00. The van der Waals surface area contributed by atoms with E-state index in [0.717, 1.165) is 5.56 Å². The summed E-state index contributed by atoms with van der Waals surface area (Å²) in [6.07, 6.45) is -0.0241. The Morgan fingerprint density at radius 1 is 1.50 bits per heavy atom. The molecule has 0 aliphatic heterocycles. The minimum Gasteiger partial charge on any atom is -0.497 e. The van der Waals surface area contributed by atoms with E-state index in [9.17, 15) is 4.79 Å². The number of hydrogen-bond acceptors (Lipinski definition) is 3. The predicted molar refractivity (Wildman–Crippen MR) is 52.2 cm³/mol. The first-order valence-corrected chi connectivity index (χ1v) is 4.25. The van der Waals surface area contributed by atoms with Gasteiger partial charge in [-0.1, -0.05) is 6.07 Å². The zero-order valence-corrected chi connectivity index (χ0v) is 7.99. The molecule has 1 aromatic carbocycles. The van der Waals surface area contributed by atoms with Gasteiger partial charge in [0.15, 0.2) is 0 Å². The molecule has 0 aliphatic carbocycles. The van der Waals surface area contributed by atoms with Crippen molar-refractivity contribution in [3.63, 3.8) is 0 Å². The van der Waals surface area contributed by atoms with Crippen LogP contribution in [0.5, 0.6) is 5.75 Å². The van der Waals surface area contributed by atoms with E-state index in [1.807, 2.05) is 0 Å². The molecule has 4 nitrogen and oxygen atoms in total. The molecular weight excluding hydrogens is 182 g/mol. The second-order valence-corrected chi connectivity index (χ2v) is 2.91. The highest BCUT2D eigenvalue weighted by atomic mass is 16.5. The van der Waals surface area contributed by atoms with Crippen molar-refractivity contribution >= 4 is 5.97 Å². The highest BCUT2D eigenvalue weighted by Crippen LogP contribution is 2.17. The van der Waals surface area contributed by atoms with Crippen LogP contribution >= 0.6 is 0 Å². The Labute approximate surface area is 82.3 Å². The lowest BCUT2D eigenvalue weighted by molar-refractivity contribution is -0.136. The first kappa shape index (κ1) is 10.5. The number of ether oxygens (including phenoxy) is 1. The summed E-state index contributed by atoms with van der Waals surface area (Å²) in [5.41, 5.74) is 7.03. The molecule has 0 atom stereocenters. The Balaban J connectivity index is 3.01. The topological polar surface area (TPSA) is 72.5 Å². The molecule has 1 aromatic rings. The molecular formula is C10H13NO3. The highest BCUT2D eigenvalue weighted by Gasteiger charge is 2.06. The van der Waals surface area contributed by atoms with E-state index in [1.165, 1.54) is 0 Å². The van der Waals surface area contributed by atoms with Gasteiger partial charge in [0.05, 0.1) is 13.5 Å². The lowest BCUT2D eigenvalue weighted by Crippen LogP contribution is -2.07. The van der Waals surface area contributed by atoms with Gasteiger partial charge in [0.1, 0.15) is 5.75 Å². The predicted octanol–water partition coefficient (Wildman–Crippen LogP) is 0.781. The number of carboxylic acids is 1. The maximum atomic E-state index is 10.6. The average molecular weight is 195 g/mol. The summed E-state index contributed by atoms with van der Waals surface area (Å²) in [5, 5.41) is 8.67. The maximum Gasteiger partial charge on any atom is 0.307 e. The number of methoxy groups -OCH3 is 1. The lowest BCUT2D eigenvalue weighted by Gasteiger charge is -2.07. The quantitative estimate of drug-likeness (QED) is 0.744. The van der Waals surface area contributed by atoms with E-state index >= 15 is 0 Å². The van der Waals surface area contributed by atoms with Crippen LogP contribution in [0.1, 0.15) is 11.1 Å². The molecule has 0 aromatic heterocycles. The molecule has 4 heteroatoms. The third-order valence-corrected chi connectivity index (χ3v) is 1.98. The van der Waals surface area contributed by atoms with Crippen molar-refractivity contribution in [3.8, 4) is 5.75 Å². The number of hydrogen-bond donors (Lipinski definition) is 2. The van der Waals surface area contributed by atoms with Crippen LogP contribution < -0.4 is 10.5 Å². The molecule has 14 heavy (non-hydrogen) atoms. The second-order valence-electron chi connectivity index (χ2n) is 2.91. The van der Waals surface area contributed by atoms with Crippen molar-refractivity contribution in [2.75, 3.05) is 7.11 Å². The van der Waals surface area contributed by atoms with Gasteiger partial charge < -0.3 is 15.6 Å². The van der Waals surface area contributed by atoms with Gasteiger partial charge in [-0.3, -0.25) is 4.79 Å². The fourth-order valence-electron chi connectivity index (χ4n) is 1.26. The molecule has 0 saturated heterocycles. The van der Waals surface area contributed by atoms with Crippen LogP contribution in [0.25, 0.3) is 0 Å². The average Bonchev–Trinajstić information content (AvgIpc) is 2.16. The minimum absolute atomic E-state index is 0.0241. The molecule has 0 amide bonds. The number of aliphatic carboxylic acids is 1. The van der Waals surface area contributed by atoms with Gasteiger partial charge in [-0.15, -0.1) is 0 Å². The maximum absolute atomic E-state index is 10.6. The summed E-state index contributed by atoms with van der Waals surface area (Å²) in [7, 11) is 1.54. The highest BCUT2D eigenvalue weighted by molar-refractivity contribution is 5.71. The van der Waals surface area contributed by atoms with E-state index in [4.69, 9.17) is 15.6 Å². The SMILES string of the molecule is COc1ccc(CN)c(CC(=O)O)c1. The monoisotopic (exact) mass is 195 g/mol. The zero-order chi connectivity index (χ0) is 10.6. The molecule has 0 radical (unpaired) electrons. The van der Waals surface area contributed by atoms with Crippen LogP contribution in [0.4, 0.5) is 0 Å². The summed E-state index contributed by atoms with van der Waals surface area (Å²) in [6.45, 7) is 0.340. The minimum atomic E-state index is -0.868. The van der Waals surface area contributed by atoms with Gasteiger partial charge in [-0.2, -0.15) is 0 Å². The normalized spacial score (nSPS) is 9.86. The smallest absolute Gasteiger partial charge is 0.307 e. The summed E-state index contributed by atoms with van der Waals surface area (Å²) in [5.74, 6) is -0.216. The fourth-order valence-corrected chi connectivity index (χ4v) is 1.26. The standard InChI is InChI=1S/C10H13NO3/c1-14-9-3-2-7(6-11)8(4-9)5-10(12)13/h2-4H,5-6,11H2,1H3,(H,12,13). The molecule has 0 heterocycles. The molecule has 76 valence electrons. The van der Waals surface area contributed by atoms with E-state index in [1.54, 1.807) is 25.3 Å². The largest absolute Gasteiger partial charge is 0.497 e. The molecule has 1 rings (SSSR count). The van der Waals surface area contributed by atoms with Crippen LogP contribution in [0.2, 0.25) is 0 Å². The van der Waals surface area contributed by atoms with Gasteiger partial charge in [-0.25, -0.2) is 0 Å². The first-order chi connectivity index (χ1) is 6.67. The van der Waals surface area contributed by atoms with Crippen molar-refractivity contribution in [2.45, 2.75) is 13.0 Å². The van der Waals surface area contributed by atoms with Gasteiger partial charge in [0, 0.05) is 6.54 Å². The van der Waals surface area contributed by atoms with Crippen molar-refractivity contribution in [3.05, 3.63) is 29.3 Å². The molecule has 0 spiro atoms. The molecule has 0 aliphatic rings. The molecule has 0 saturated carbocycles. The van der Waals surface area contributed by atoms with Crippen LogP contribution in [0.15, 0.2) is 18.2 Å². The Kier molecular flexibility index (Phi) is 3.48. The molecule has 0 bridgehead atoms. The van der Waals surface area contributed by atoms with E-state index in [-0.39, 0.29) is 6.42 Å².